The van der Waals surface area contributed by atoms with Crippen LogP contribution < -0.4 is 0 Å². The SMILES string of the molecule is O=C(CSc1nnc2ccc(-c3cccnc3)nn12)c1ccc(F)cc1. The monoisotopic (exact) mass is 365 g/mol. The van der Waals surface area contributed by atoms with E-state index >= 15 is 0 Å². The second-order valence-electron chi connectivity index (χ2n) is 5.43. The standard InChI is InChI=1S/C18H12FN5OS/c19-14-5-3-12(4-6-14)16(25)11-26-18-22-21-17-8-7-15(23-24(17)18)13-2-1-9-20-10-13/h1-10H,11H2. The van der Waals surface area contributed by atoms with E-state index in [1.807, 2.05) is 24.3 Å². The average Bonchev–Trinajstić information content (AvgIpc) is 3.09. The quantitative estimate of drug-likeness (QED) is 0.399. The van der Waals surface area contributed by atoms with Gasteiger partial charge in [-0.2, -0.15) is 9.61 Å². The highest BCUT2D eigenvalue weighted by Crippen LogP contribution is 2.21. The zero-order valence-electron chi connectivity index (χ0n) is 13.4. The first-order chi connectivity index (χ1) is 12.7. The maximum absolute atomic E-state index is 13.0. The first-order valence-electron chi connectivity index (χ1n) is 7.75. The van der Waals surface area contributed by atoms with E-state index in [2.05, 4.69) is 20.3 Å². The predicted octanol–water partition coefficient (Wildman–Crippen LogP) is 3.30. The number of halogens is 1. The maximum Gasteiger partial charge on any atom is 0.212 e. The number of thioether (sulfide) groups is 1. The normalized spacial score (nSPS) is 11.0. The molecule has 0 unspecified atom stereocenters. The van der Waals surface area contributed by atoms with Gasteiger partial charge >= 0.3 is 0 Å². The van der Waals surface area contributed by atoms with Crippen LogP contribution in [0.5, 0.6) is 0 Å². The van der Waals surface area contributed by atoms with E-state index < -0.39 is 0 Å². The van der Waals surface area contributed by atoms with Gasteiger partial charge in [0.15, 0.2) is 11.4 Å². The van der Waals surface area contributed by atoms with Crippen molar-refractivity contribution in [1.82, 2.24) is 24.8 Å². The number of fused-ring (bicyclic) bond motifs is 1. The highest BCUT2D eigenvalue weighted by molar-refractivity contribution is 7.99. The summed E-state index contributed by atoms with van der Waals surface area (Å²) in [6, 6.07) is 12.9. The van der Waals surface area contributed by atoms with E-state index in [9.17, 15) is 9.18 Å². The number of hydrogen-bond donors (Lipinski definition) is 0. The lowest BCUT2D eigenvalue weighted by atomic mass is 10.1. The first kappa shape index (κ1) is 16.3. The fourth-order valence-corrected chi connectivity index (χ4v) is 3.16. The fraction of sp³-hybridized carbons (Fsp3) is 0.0556. The van der Waals surface area contributed by atoms with Crippen LogP contribution in [0.4, 0.5) is 4.39 Å². The van der Waals surface area contributed by atoms with Crippen LogP contribution in [0, 0.1) is 5.82 Å². The van der Waals surface area contributed by atoms with E-state index in [1.54, 1.807) is 16.9 Å². The summed E-state index contributed by atoms with van der Waals surface area (Å²) in [6.45, 7) is 0. The zero-order chi connectivity index (χ0) is 17.9. The molecule has 0 fully saturated rings. The Morgan fingerprint density at radius 2 is 1.92 bits per heavy atom. The van der Waals surface area contributed by atoms with Crippen molar-refractivity contribution in [2.45, 2.75) is 5.16 Å². The number of rotatable bonds is 5. The number of benzene rings is 1. The molecule has 0 aliphatic carbocycles. The minimum atomic E-state index is -0.371. The summed E-state index contributed by atoms with van der Waals surface area (Å²) < 4.78 is 14.6. The molecule has 3 aromatic heterocycles. The molecule has 6 nitrogen and oxygen atoms in total. The summed E-state index contributed by atoms with van der Waals surface area (Å²) >= 11 is 1.24. The third-order valence-corrected chi connectivity index (χ3v) is 4.61. The molecule has 0 aliphatic rings. The van der Waals surface area contributed by atoms with Crippen LogP contribution in [-0.2, 0) is 0 Å². The Kier molecular flexibility index (Phi) is 4.40. The second-order valence-corrected chi connectivity index (χ2v) is 6.37. The molecule has 0 N–H and O–H groups in total. The van der Waals surface area contributed by atoms with Crippen LogP contribution in [0.15, 0.2) is 66.1 Å². The first-order valence-corrected chi connectivity index (χ1v) is 8.74. The molecule has 0 radical (unpaired) electrons. The molecule has 3 heterocycles. The highest BCUT2D eigenvalue weighted by atomic mass is 32.2. The van der Waals surface area contributed by atoms with Gasteiger partial charge in [-0.15, -0.1) is 10.2 Å². The molecule has 1 aromatic carbocycles. The van der Waals surface area contributed by atoms with Crippen molar-refractivity contribution in [3.05, 3.63) is 72.3 Å². The van der Waals surface area contributed by atoms with Gasteiger partial charge in [0.1, 0.15) is 5.82 Å². The number of carbonyl (C=O) groups is 1. The average molecular weight is 365 g/mol. The highest BCUT2D eigenvalue weighted by Gasteiger charge is 2.13. The van der Waals surface area contributed by atoms with E-state index in [-0.39, 0.29) is 17.4 Å². The Morgan fingerprint density at radius 3 is 2.69 bits per heavy atom. The smallest absolute Gasteiger partial charge is 0.212 e. The molecule has 0 saturated heterocycles. The predicted molar refractivity (Wildman–Crippen MR) is 95.5 cm³/mol. The van der Waals surface area contributed by atoms with E-state index in [0.29, 0.717) is 16.4 Å². The van der Waals surface area contributed by atoms with Gasteiger partial charge in [0, 0.05) is 23.5 Å². The van der Waals surface area contributed by atoms with Crippen LogP contribution in [0.3, 0.4) is 0 Å². The van der Waals surface area contributed by atoms with Gasteiger partial charge in [-0.05, 0) is 48.5 Å². The van der Waals surface area contributed by atoms with Gasteiger partial charge < -0.3 is 0 Å². The number of carbonyl (C=O) groups excluding carboxylic acids is 1. The maximum atomic E-state index is 13.0. The molecule has 0 amide bonds. The largest absolute Gasteiger partial charge is 0.293 e. The molecule has 0 spiro atoms. The molecule has 4 rings (SSSR count). The summed E-state index contributed by atoms with van der Waals surface area (Å²) in [6.07, 6.45) is 3.42. The molecule has 0 bridgehead atoms. The van der Waals surface area contributed by atoms with Crippen LogP contribution in [0.25, 0.3) is 16.9 Å². The van der Waals surface area contributed by atoms with Gasteiger partial charge in [0.2, 0.25) is 5.16 Å². The van der Waals surface area contributed by atoms with E-state index in [4.69, 9.17) is 0 Å². The van der Waals surface area contributed by atoms with Gasteiger partial charge in [-0.25, -0.2) is 4.39 Å². The van der Waals surface area contributed by atoms with Crippen molar-refractivity contribution in [3.8, 4) is 11.3 Å². The van der Waals surface area contributed by atoms with Crippen molar-refractivity contribution in [3.63, 3.8) is 0 Å². The zero-order valence-corrected chi connectivity index (χ0v) is 14.2. The number of pyridine rings is 1. The van der Waals surface area contributed by atoms with Crippen LogP contribution in [0.2, 0.25) is 0 Å². The molecule has 26 heavy (non-hydrogen) atoms. The molecule has 0 saturated carbocycles. The van der Waals surface area contributed by atoms with Crippen LogP contribution in [-0.4, -0.2) is 36.3 Å². The summed E-state index contributed by atoms with van der Waals surface area (Å²) in [5, 5.41) is 13.2. The summed E-state index contributed by atoms with van der Waals surface area (Å²) in [5.41, 5.74) is 2.66. The van der Waals surface area contributed by atoms with Gasteiger partial charge in [0.25, 0.3) is 0 Å². The summed E-state index contributed by atoms with van der Waals surface area (Å²) in [5.74, 6) is -0.328. The molecule has 4 aromatic rings. The number of ketones is 1. The minimum absolute atomic E-state index is 0.116. The molecule has 128 valence electrons. The topological polar surface area (TPSA) is 73.0 Å². The van der Waals surface area contributed by atoms with E-state index in [1.165, 1.54) is 36.0 Å². The van der Waals surface area contributed by atoms with E-state index in [0.717, 1.165) is 11.3 Å². The minimum Gasteiger partial charge on any atom is -0.293 e. The Hall–Kier alpha value is -3.13. The van der Waals surface area contributed by atoms with Crippen molar-refractivity contribution in [2.24, 2.45) is 0 Å². The van der Waals surface area contributed by atoms with Gasteiger partial charge in [0.05, 0.1) is 11.4 Å². The summed E-state index contributed by atoms with van der Waals surface area (Å²) in [4.78, 5) is 16.3. The van der Waals surface area contributed by atoms with Crippen LogP contribution >= 0.6 is 11.8 Å². The van der Waals surface area contributed by atoms with Crippen molar-refractivity contribution >= 4 is 23.2 Å². The Labute approximate surface area is 152 Å². The Morgan fingerprint density at radius 1 is 1.08 bits per heavy atom. The molecule has 0 aliphatic heterocycles. The molecular formula is C18H12FN5OS. The van der Waals surface area contributed by atoms with Gasteiger partial charge in [-0.1, -0.05) is 11.8 Å². The lowest BCUT2D eigenvalue weighted by Gasteiger charge is -2.03. The van der Waals surface area contributed by atoms with Crippen molar-refractivity contribution in [1.29, 1.82) is 0 Å². The third kappa shape index (κ3) is 3.31. The Balaban J connectivity index is 1.57. The number of aromatic nitrogens is 5. The second kappa shape index (κ2) is 7.01. The van der Waals surface area contributed by atoms with Crippen LogP contribution in [0.1, 0.15) is 10.4 Å². The Bertz CT molecular complexity index is 1070. The van der Waals surface area contributed by atoms with Gasteiger partial charge in [-0.3, -0.25) is 9.78 Å². The third-order valence-electron chi connectivity index (χ3n) is 3.69. The molecular weight excluding hydrogens is 353 g/mol. The lowest BCUT2D eigenvalue weighted by Crippen LogP contribution is -2.04. The molecule has 8 heteroatoms. The van der Waals surface area contributed by atoms with Crippen molar-refractivity contribution in [2.75, 3.05) is 5.75 Å². The number of Topliss-reactive ketones (excluding diaryl/α,β-unsaturated/α-hetero) is 1. The lowest BCUT2D eigenvalue weighted by molar-refractivity contribution is 0.102. The molecule has 0 atom stereocenters. The summed E-state index contributed by atoms with van der Waals surface area (Å²) in [7, 11) is 0. The fourth-order valence-electron chi connectivity index (χ4n) is 2.38. The number of nitrogens with zero attached hydrogens (tertiary/aromatic N) is 5. The number of hydrogen-bond acceptors (Lipinski definition) is 6. The van der Waals surface area contributed by atoms with Crippen molar-refractivity contribution < 1.29 is 9.18 Å².